The first-order valence-corrected chi connectivity index (χ1v) is 7.59. The average Bonchev–Trinajstić information content (AvgIpc) is 2.90. The Balaban J connectivity index is 1.83. The average molecular weight is 323 g/mol. The number of carbonyl (C=O) groups is 1. The van der Waals surface area contributed by atoms with Gasteiger partial charge in [-0.3, -0.25) is 4.99 Å². The van der Waals surface area contributed by atoms with E-state index in [4.69, 9.17) is 0 Å². The van der Waals surface area contributed by atoms with Crippen molar-refractivity contribution in [1.82, 2.24) is 9.55 Å². The predicted octanol–water partition coefficient (Wildman–Crippen LogP) is 2.81. The Labute approximate surface area is 137 Å². The number of hydrogen-bond donors (Lipinski definition) is 1. The lowest BCUT2D eigenvalue weighted by molar-refractivity contribution is -0.129. The van der Waals surface area contributed by atoms with E-state index in [1.54, 1.807) is 18.3 Å². The molecule has 0 saturated heterocycles. The van der Waals surface area contributed by atoms with Gasteiger partial charge in [-0.2, -0.15) is 0 Å². The number of rotatable bonds is 3. The third-order valence-corrected chi connectivity index (χ3v) is 4.31. The van der Waals surface area contributed by atoms with E-state index in [1.165, 1.54) is 12.1 Å². The van der Waals surface area contributed by atoms with Crippen molar-refractivity contribution in [2.24, 2.45) is 4.99 Å². The van der Waals surface area contributed by atoms with Gasteiger partial charge in [-0.15, -0.1) is 0 Å². The van der Waals surface area contributed by atoms with Gasteiger partial charge in [0.1, 0.15) is 17.2 Å². The minimum Gasteiger partial charge on any atom is -0.477 e. The van der Waals surface area contributed by atoms with Gasteiger partial charge in [0.15, 0.2) is 0 Å². The van der Waals surface area contributed by atoms with Crippen LogP contribution in [0.1, 0.15) is 16.8 Å². The number of halogens is 1. The maximum Gasteiger partial charge on any atom is 0.350 e. The van der Waals surface area contributed by atoms with Crippen molar-refractivity contribution in [1.29, 1.82) is 0 Å². The molecule has 3 heterocycles. The molecule has 0 bridgehead atoms. The number of aliphatic imine (C=N–C) groups is 1. The highest BCUT2D eigenvalue weighted by Crippen LogP contribution is 2.29. The molecule has 0 fully saturated rings. The van der Waals surface area contributed by atoms with Gasteiger partial charge in [0.2, 0.25) is 0 Å². The number of benzene rings is 1. The van der Waals surface area contributed by atoms with E-state index in [0.717, 1.165) is 27.9 Å². The van der Waals surface area contributed by atoms with Gasteiger partial charge in [0, 0.05) is 30.2 Å². The molecule has 0 saturated carbocycles. The fourth-order valence-corrected chi connectivity index (χ4v) is 3.15. The standard InChI is InChI=1S/C18H14FN3O2/c19-12-5-3-11(4-6-12)10-22-16-9-21-15(18(23)24)8-14(16)13-2-1-7-20-17(13)22/h1-7H,8-10H2,(H,23,24). The van der Waals surface area contributed by atoms with Crippen molar-refractivity contribution in [2.75, 3.05) is 0 Å². The van der Waals surface area contributed by atoms with Crippen LogP contribution in [0.3, 0.4) is 0 Å². The van der Waals surface area contributed by atoms with Crippen LogP contribution >= 0.6 is 0 Å². The highest BCUT2D eigenvalue weighted by atomic mass is 19.1. The number of carboxylic acid groups (broad SMARTS) is 1. The molecule has 1 aliphatic rings. The van der Waals surface area contributed by atoms with Crippen molar-refractivity contribution >= 4 is 22.7 Å². The van der Waals surface area contributed by atoms with Crippen molar-refractivity contribution in [3.63, 3.8) is 0 Å². The normalized spacial score (nSPS) is 13.6. The minimum absolute atomic E-state index is 0.173. The number of pyridine rings is 1. The van der Waals surface area contributed by atoms with Gasteiger partial charge in [-0.25, -0.2) is 14.2 Å². The zero-order valence-electron chi connectivity index (χ0n) is 12.7. The molecule has 0 radical (unpaired) electrons. The van der Waals surface area contributed by atoms with Crippen LogP contribution in [0.4, 0.5) is 4.39 Å². The summed E-state index contributed by atoms with van der Waals surface area (Å²) in [4.78, 5) is 19.9. The van der Waals surface area contributed by atoms with Crippen LogP contribution in [0.5, 0.6) is 0 Å². The highest BCUT2D eigenvalue weighted by Gasteiger charge is 2.25. The molecule has 5 nitrogen and oxygen atoms in total. The number of carboxylic acids is 1. The first kappa shape index (κ1) is 14.6. The molecule has 0 spiro atoms. The monoisotopic (exact) mass is 323 g/mol. The minimum atomic E-state index is -0.982. The Morgan fingerprint density at radius 1 is 1.25 bits per heavy atom. The zero-order valence-corrected chi connectivity index (χ0v) is 12.7. The Kier molecular flexibility index (Phi) is 3.37. The summed E-state index contributed by atoms with van der Waals surface area (Å²) in [6, 6.07) is 10.1. The van der Waals surface area contributed by atoms with Crippen LogP contribution in [0, 0.1) is 5.82 Å². The number of aliphatic carboxylic acids is 1. The fraction of sp³-hybridized carbons (Fsp3) is 0.167. The summed E-state index contributed by atoms with van der Waals surface area (Å²) in [6.07, 6.45) is 2.01. The lowest BCUT2D eigenvalue weighted by Gasteiger charge is -2.14. The molecule has 0 unspecified atom stereocenters. The van der Waals surface area contributed by atoms with Crippen LogP contribution in [0.15, 0.2) is 47.6 Å². The second-order valence-electron chi connectivity index (χ2n) is 5.76. The second-order valence-corrected chi connectivity index (χ2v) is 5.76. The number of hydrogen-bond acceptors (Lipinski definition) is 3. The van der Waals surface area contributed by atoms with Crippen LogP contribution in [0.25, 0.3) is 11.0 Å². The van der Waals surface area contributed by atoms with Gasteiger partial charge in [0.25, 0.3) is 0 Å². The maximum absolute atomic E-state index is 13.1. The fourth-order valence-electron chi connectivity index (χ4n) is 3.15. The Morgan fingerprint density at radius 2 is 2.04 bits per heavy atom. The zero-order chi connectivity index (χ0) is 16.7. The highest BCUT2D eigenvalue weighted by molar-refractivity contribution is 6.36. The van der Waals surface area contributed by atoms with E-state index >= 15 is 0 Å². The Morgan fingerprint density at radius 3 is 2.79 bits per heavy atom. The summed E-state index contributed by atoms with van der Waals surface area (Å²) in [5.74, 6) is -1.25. The molecule has 1 aliphatic heterocycles. The molecule has 4 rings (SSSR count). The van der Waals surface area contributed by atoms with Gasteiger partial charge in [-0.05, 0) is 35.4 Å². The largest absolute Gasteiger partial charge is 0.477 e. The van der Waals surface area contributed by atoms with E-state index in [1.807, 2.05) is 16.7 Å². The topological polar surface area (TPSA) is 67.5 Å². The maximum atomic E-state index is 13.1. The summed E-state index contributed by atoms with van der Waals surface area (Å²) in [5.41, 5.74) is 3.86. The molecule has 120 valence electrons. The third kappa shape index (κ3) is 2.36. The first-order chi connectivity index (χ1) is 11.6. The van der Waals surface area contributed by atoms with Crippen LogP contribution in [-0.4, -0.2) is 26.3 Å². The van der Waals surface area contributed by atoms with Crippen LogP contribution in [-0.2, 0) is 24.3 Å². The molecule has 0 atom stereocenters. The van der Waals surface area contributed by atoms with E-state index in [-0.39, 0.29) is 11.5 Å². The molecule has 0 aliphatic carbocycles. The lowest BCUT2D eigenvalue weighted by Crippen LogP contribution is -2.21. The number of aromatic nitrogens is 2. The SMILES string of the molecule is O=C(O)C1=NCc2c(c3cccnc3n2Cc2ccc(F)cc2)C1. The summed E-state index contributed by atoms with van der Waals surface area (Å²) in [6.45, 7) is 0.857. The molecule has 2 aromatic heterocycles. The molecular formula is C18H14FN3O2. The molecular weight excluding hydrogens is 309 g/mol. The van der Waals surface area contributed by atoms with E-state index in [9.17, 15) is 14.3 Å². The van der Waals surface area contributed by atoms with Crippen molar-refractivity contribution in [3.8, 4) is 0 Å². The van der Waals surface area contributed by atoms with Gasteiger partial charge in [0.05, 0.1) is 6.54 Å². The summed E-state index contributed by atoms with van der Waals surface area (Å²) >= 11 is 0. The third-order valence-electron chi connectivity index (χ3n) is 4.31. The second kappa shape index (κ2) is 5.56. The summed E-state index contributed by atoms with van der Waals surface area (Å²) < 4.78 is 15.2. The van der Waals surface area contributed by atoms with Crippen LogP contribution < -0.4 is 0 Å². The molecule has 1 N–H and O–H groups in total. The quantitative estimate of drug-likeness (QED) is 0.806. The van der Waals surface area contributed by atoms with Crippen molar-refractivity contribution in [2.45, 2.75) is 19.5 Å². The van der Waals surface area contributed by atoms with Gasteiger partial charge in [-0.1, -0.05) is 12.1 Å². The predicted molar refractivity (Wildman–Crippen MR) is 87.7 cm³/mol. The molecule has 24 heavy (non-hydrogen) atoms. The first-order valence-electron chi connectivity index (χ1n) is 7.59. The number of nitrogens with zero attached hydrogens (tertiary/aromatic N) is 3. The lowest BCUT2D eigenvalue weighted by atomic mass is 10.0. The van der Waals surface area contributed by atoms with Crippen molar-refractivity contribution < 1.29 is 14.3 Å². The molecule has 6 heteroatoms. The van der Waals surface area contributed by atoms with Crippen LogP contribution in [0.2, 0.25) is 0 Å². The number of fused-ring (bicyclic) bond motifs is 3. The Hall–Kier alpha value is -3.02. The Bertz CT molecular complexity index is 974. The van der Waals surface area contributed by atoms with E-state index in [2.05, 4.69) is 9.98 Å². The molecule has 0 amide bonds. The summed E-state index contributed by atoms with van der Waals surface area (Å²) in [5, 5.41) is 10.2. The van der Waals surface area contributed by atoms with E-state index < -0.39 is 5.97 Å². The smallest absolute Gasteiger partial charge is 0.350 e. The molecule has 3 aromatic rings. The van der Waals surface area contributed by atoms with Crippen molar-refractivity contribution in [3.05, 3.63) is 65.2 Å². The molecule has 1 aromatic carbocycles. The van der Waals surface area contributed by atoms with Gasteiger partial charge >= 0.3 is 5.97 Å². The summed E-state index contributed by atoms with van der Waals surface area (Å²) in [7, 11) is 0. The van der Waals surface area contributed by atoms with E-state index in [0.29, 0.717) is 19.5 Å². The van der Waals surface area contributed by atoms with Gasteiger partial charge < -0.3 is 9.67 Å².